The number of benzene rings is 1. The van der Waals surface area contributed by atoms with Gasteiger partial charge in [-0.1, -0.05) is 44.4 Å². The molecule has 0 amide bonds. The zero-order valence-electron chi connectivity index (χ0n) is 12.4. The zero-order valence-corrected chi connectivity index (χ0v) is 12.4. The van der Waals surface area contributed by atoms with Crippen LogP contribution in [0.1, 0.15) is 45.1 Å². The predicted octanol–water partition coefficient (Wildman–Crippen LogP) is 3.46. The zero-order chi connectivity index (χ0) is 14.6. The van der Waals surface area contributed by atoms with Crippen LogP contribution in [0.5, 0.6) is 5.75 Å². The monoisotopic (exact) mass is 273 g/mol. The van der Waals surface area contributed by atoms with Crippen molar-refractivity contribution in [3.8, 4) is 11.8 Å². The highest BCUT2D eigenvalue weighted by Gasteiger charge is 2.50. The van der Waals surface area contributed by atoms with Crippen molar-refractivity contribution < 1.29 is 9.84 Å². The number of rotatable bonds is 5. The fourth-order valence-electron chi connectivity index (χ4n) is 2.86. The molecule has 0 bridgehead atoms. The Morgan fingerprint density at radius 2 is 2.15 bits per heavy atom. The summed E-state index contributed by atoms with van der Waals surface area (Å²) in [4.78, 5) is 0. The van der Waals surface area contributed by atoms with E-state index in [1.54, 1.807) is 6.92 Å². The van der Waals surface area contributed by atoms with Crippen LogP contribution in [-0.2, 0) is 6.42 Å². The Kier molecular flexibility index (Phi) is 4.35. The third-order valence-electron chi connectivity index (χ3n) is 4.45. The Hall–Kier alpha value is -1.53. The molecule has 1 aliphatic heterocycles. The maximum Gasteiger partial charge on any atom is 0.124 e. The number of nitriles is 1. The van der Waals surface area contributed by atoms with Gasteiger partial charge in [-0.05, 0) is 25.0 Å². The average molecular weight is 273 g/mol. The van der Waals surface area contributed by atoms with Gasteiger partial charge in [0.25, 0.3) is 0 Å². The van der Waals surface area contributed by atoms with Gasteiger partial charge in [0.15, 0.2) is 0 Å². The van der Waals surface area contributed by atoms with E-state index in [1.807, 2.05) is 24.3 Å². The van der Waals surface area contributed by atoms with Crippen LogP contribution in [0.15, 0.2) is 24.3 Å². The molecule has 1 heterocycles. The molecule has 1 N–H and O–H groups in total. The number of unbranched alkanes of at least 4 members (excludes halogenated alkanes) is 2. The lowest BCUT2D eigenvalue weighted by Crippen LogP contribution is -2.52. The molecule has 0 saturated heterocycles. The summed E-state index contributed by atoms with van der Waals surface area (Å²) < 4.78 is 5.74. The Morgan fingerprint density at radius 1 is 1.40 bits per heavy atom. The minimum absolute atomic E-state index is 0.264. The van der Waals surface area contributed by atoms with Crippen molar-refractivity contribution in [2.24, 2.45) is 5.41 Å². The van der Waals surface area contributed by atoms with Crippen LogP contribution in [0.25, 0.3) is 0 Å². The van der Waals surface area contributed by atoms with Crippen molar-refractivity contribution in [3.63, 3.8) is 0 Å². The summed E-state index contributed by atoms with van der Waals surface area (Å²) in [5.74, 6) is 0.836. The average Bonchev–Trinajstić information content (AvgIpc) is 2.46. The van der Waals surface area contributed by atoms with E-state index in [2.05, 4.69) is 13.0 Å². The third kappa shape index (κ3) is 2.66. The summed E-state index contributed by atoms with van der Waals surface area (Å²) >= 11 is 0. The van der Waals surface area contributed by atoms with Crippen LogP contribution in [-0.4, -0.2) is 17.3 Å². The smallest absolute Gasteiger partial charge is 0.124 e. The first kappa shape index (κ1) is 14.9. The topological polar surface area (TPSA) is 53.2 Å². The summed E-state index contributed by atoms with van der Waals surface area (Å²) in [6.07, 6.45) is 4.32. The molecule has 2 atom stereocenters. The first-order chi connectivity index (χ1) is 9.54. The van der Waals surface area contributed by atoms with Gasteiger partial charge in [0.1, 0.15) is 17.8 Å². The van der Waals surface area contributed by atoms with Gasteiger partial charge in [0.2, 0.25) is 0 Å². The van der Waals surface area contributed by atoms with Crippen molar-refractivity contribution in [1.82, 2.24) is 0 Å². The van der Waals surface area contributed by atoms with E-state index in [0.29, 0.717) is 12.8 Å². The minimum Gasteiger partial charge on any atom is -0.492 e. The van der Waals surface area contributed by atoms with E-state index in [4.69, 9.17) is 4.74 Å². The molecule has 1 aromatic carbocycles. The Labute approximate surface area is 121 Å². The third-order valence-corrected chi connectivity index (χ3v) is 4.45. The fraction of sp³-hybridized carbons (Fsp3) is 0.588. The summed E-state index contributed by atoms with van der Waals surface area (Å²) in [6, 6.07) is 10.1. The molecular formula is C17H23NO2. The SMILES string of the molecule is CCCCCC(C)(O)C1(C#N)COc2ccccc2C1. The van der Waals surface area contributed by atoms with E-state index < -0.39 is 11.0 Å². The van der Waals surface area contributed by atoms with Gasteiger partial charge in [0, 0.05) is 6.42 Å². The van der Waals surface area contributed by atoms with E-state index in [-0.39, 0.29) is 6.61 Å². The quantitative estimate of drug-likeness (QED) is 0.836. The van der Waals surface area contributed by atoms with Crippen molar-refractivity contribution in [2.45, 2.75) is 51.6 Å². The largest absolute Gasteiger partial charge is 0.492 e. The van der Waals surface area contributed by atoms with E-state index >= 15 is 0 Å². The van der Waals surface area contributed by atoms with E-state index in [1.165, 1.54) is 0 Å². The highest BCUT2D eigenvalue weighted by molar-refractivity contribution is 5.38. The minimum atomic E-state index is -1.02. The van der Waals surface area contributed by atoms with Gasteiger partial charge in [-0.2, -0.15) is 5.26 Å². The second-order valence-electron chi connectivity index (χ2n) is 6.00. The summed E-state index contributed by atoms with van der Waals surface area (Å²) in [6.45, 7) is 4.18. The van der Waals surface area contributed by atoms with Gasteiger partial charge in [-0.25, -0.2) is 0 Å². The Bertz CT molecular complexity index is 504. The molecule has 3 nitrogen and oxygen atoms in total. The summed E-state index contributed by atoms with van der Waals surface area (Å²) in [7, 11) is 0. The number of hydrogen-bond acceptors (Lipinski definition) is 3. The number of para-hydroxylation sites is 1. The van der Waals surface area contributed by atoms with E-state index in [0.717, 1.165) is 30.6 Å². The van der Waals surface area contributed by atoms with Crippen LogP contribution >= 0.6 is 0 Å². The number of fused-ring (bicyclic) bond motifs is 1. The van der Waals surface area contributed by atoms with Gasteiger partial charge in [-0.15, -0.1) is 0 Å². The number of nitrogens with zero attached hydrogens (tertiary/aromatic N) is 1. The molecule has 20 heavy (non-hydrogen) atoms. The van der Waals surface area contributed by atoms with Gasteiger partial charge >= 0.3 is 0 Å². The molecule has 3 heteroatoms. The number of hydrogen-bond donors (Lipinski definition) is 1. The Morgan fingerprint density at radius 3 is 2.85 bits per heavy atom. The van der Waals surface area contributed by atoms with Crippen molar-refractivity contribution in [2.75, 3.05) is 6.61 Å². The first-order valence-corrected chi connectivity index (χ1v) is 7.39. The molecule has 0 fully saturated rings. The normalized spacial score (nSPS) is 24.1. The van der Waals surface area contributed by atoms with Crippen molar-refractivity contribution in [3.05, 3.63) is 29.8 Å². The fourth-order valence-corrected chi connectivity index (χ4v) is 2.86. The molecule has 2 unspecified atom stereocenters. The van der Waals surface area contributed by atoms with Crippen LogP contribution in [0.2, 0.25) is 0 Å². The first-order valence-electron chi connectivity index (χ1n) is 7.39. The van der Waals surface area contributed by atoms with Crippen LogP contribution in [0.3, 0.4) is 0 Å². The predicted molar refractivity (Wildman–Crippen MR) is 78.5 cm³/mol. The lowest BCUT2D eigenvalue weighted by molar-refractivity contribution is -0.0734. The second-order valence-corrected chi connectivity index (χ2v) is 6.00. The molecule has 2 rings (SSSR count). The number of ether oxygens (including phenoxy) is 1. The van der Waals surface area contributed by atoms with Crippen molar-refractivity contribution >= 4 is 0 Å². The van der Waals surface area contributed by atoms with Crippen LogP contribution in [0.4, 0.5) is 0 Å². The molecule has 0 aromatic heterocycles. The van der Waals surface area contributed by atoms with Gasteiger partial charge in [-0.3, -0.25) is 0 Å². The molecule has 0 aliphatic carbocycles. The summed E-state index contributed by atoms with van der Waals surface area (Å²) in [5, 5.41) is 20.5. The summed E-state index contributed by atoms with van der Waals surface area (Å²) in [5.41, 5.74) is -0.865. The highest BCUT2D eigenvalue weighted by Crippen LogP contribution is 2.43. The lowest BCUT2D eigenvalue weighted by atomic mass is 9.67. The number of aliphatic hydroxyl groups is 1. The van der Waals surface area contributed by atoms with Gasteiger partial charge < -0.3 is 9.84 Å². The van der Waals surface area contributed by atoms with Gasteiger partial charge in [0.05, 0.1) is 11.7 Å². The molecule has 0 radical (unpaired) electrons. The van der Waals surface area contributed by atoms with Crippen LogP contribution < -0.4 is 4.74 Å². The molecule has 1 aromatic rings. The molecule has 0 saturated carbocycles. The maximum absolute atomic E-state index is 10.8. The lowest BCUT2D eigenvalue weighted by Gasteiger charge is -2.43. The maximum atomic E-state index is 10.8. The van der Waals surface area contributed by atoms with Crippen LogP contribution in [0, 0.1) is 16.7 Å². The second kappa shape index (κ2) is 5.85. The molecule has 1 aliphatic rings. The Balaban J connectivity index is 2.21. The molecular weight excluding hydrogens is 250 g/mol. The molecule has 0 spiro atoms. The standard InChI is InChI=1S/C17H23NO2/c1-3-4-7-10-16(2,19)17(12-18)11-14-8-5-6-9-15(14)20-13-17/h5-6,8-9,19H,3-4,7,10-11,13H2,1-2H3. The van der Waals surface area contributed by atoms with Crippen molar-refractivity contribution in [1.29, 1.82) is 5.26 Å². The highest BCUT2D eigenvalue weighted by atomic mass is 16.5. The van der Waals surface area contributed by atoms with E-state index in [9.17, 15) is 10.4 Å². The molecule has 108 valence electrons.